The van der Waals surface area contributed by atoms with Gasteiger partial charge in [0.05, 0.1) is 15.7 Å². The van der Waals surface area contributed by atoms with Gasteiger partial charge in [-0.05, 0) is 30.3 Å². The highest BCUT2D eigenvalue weighted by molar-refractivity contribution is 9.10. The van der Waals surface area contributed by atoms with Crippen molar-refractivity contribution in [2.75, 3.05) is 11.9 Å². The summed E-state index contributed by atoms with van der Waals surface area (Å²) in [7, 11) is 0. The summed E-state index contributed by atoms with van der Waals surface area (Å²) in [5.41, 5.74) is -0.00185. The van der Waals surface area contributed by atoms with E-state index in [1.807, 2.05) is 0 Å². The minimum Gasteiger partial charge on any atom is -0.482 e. The van der Waals surface area contributed by atoms with Crippen molar-refractivity contribution < 1.29 is 13.9 Å². The van der Waals surface area contributed by atoms with Crippen molar-refractivity contribution in [3.63, 3.8) is 0 Å². The highest BCUT2D eigenvalue weighted by Gasteiger charge is 2.11. The van der Waals surface area contributed by atoms with Gasteiger partial charge in [-0.15, -0.1) is 0 Å². The van der Waals surface area contributed by atoms with Crippen LogP contribution in [0.2, 0.25) is 10.0 Å². The van der Waals surface area contributed by atoms with Gasteiger partial charge in [0, 0.05) is 4.47 Å². The van der Waals surface area contributed by atoms with Gasteiger partial charge in [-0.3, -0.25) is 4.79 Å². The lowest BCUT2D eigenvalue weighted by molar-refractivity contribution is -0.118. The third-order valence-electron chi connectivity index (χ3n) is 2.48. The molecule has 0 atom stereocenters. The number of amides is 1. The first-order chi connectivity index (χ1) is 9.97. The molecule has 2 aromatic carbocycles. The molecule has 21 heavy (non-hydrogen) atoms. The highest BCUT2D eigenvalue weighted by atomic mass is 79.9. The predicted molar refractivity (Wildman–Crippen MR) is 84.7 cm³/mol. The Morgan fingerprint density at radius 3 is 2.71 bits per heavy atom. The van der Waals surface area contributed by atoms with E-state index < -0.39 is 11.7 Å². The van der Waals surface area contributed by atoms with Gasteiger partial charge >= 0.3 is 0 Å². The van der Waals surface area contributed by atoms with Crippen molar-refractivity contribution in [1.82, 2.24) is 0 Å². The second-order valence-corrected chi connectivity index (χ2v) is 5.74. The molecule has 7 heteroatoms. The Morgan fingerprint density at radius 1 is 1.24 bits per heavy atom. The van der Waals surface area contributed by atoms with Crippen LogP contribution in [0, 0.1) is 5.82 Å². The molecule has 0 aromatic heterocycles. The average molecular weight is 393 g/mol. The number of ether oxygens (including phenoxy) is 1. The third-order valence-corrected chi connectivity index (χ3v) is 3.56. The molecular formula is C14H9BrCl2FNO2. The van der Waals surface area contributed by atoms with Crippen molar-refractivity contribution in [2.24, 2.45) is 0 Å². The molecule has 0 aliphatic heterocycles. The Balaban J connectivity index is 1.97. The van der Waals surface area contributed by atoms with Gasteiger partial charge in [0.25, 0.3) is 5.91 Å². The zero-order valence-corrected chi connectivity index (χ0v) is 13.6. The summed E-state index contributed by atoms with van der Waals surface area (Å²) in [6.07, 6.45) is 0. The van der Waals surface area contributed by atoms with Crippen molar-refractivity contribution in [1.29, 1.82) is 0 Å². The zero-order chi connectivity index (χ0) is 15.4. The molecule has 0 radical (unpaired) electrons. The topological polar surface area (TPSA) is 38.3 Å². The zero-order valence-electron chi connectivity index (χ0n) is 10.5. The van der Waals surface area contributed by atoms with Gasteiger partial charge in [0.2, 0.25) is 0 Å². The number of anilines is 1. The molecule has 0 spiro atoms. The monoisotopic (exact) mass is 391 g/mol. The molecule has 3 nitrogen and oxygen atoms in total. The van der Waals surface area contributed by atoms with Gasteiger partial charge in [-0.25, -0.2) is 4.39 Å². The first-order valence-electron chi connectivity index (χ1n) is 5.79. The minimum absolute atomic E-state index is 0.00185. The van der Waals surface area contributed by atoms with Gasteiger partial charge < -0.3 is 10.1 Å². The van der Waals surface area contributed by atoms with Crippen LogP contribution in [0.25, 0.3) is 0 Å². The fourth-order valence-electron chi connectivity index (χ4n) is 1.52. The molecular weight excluding hydrogens is 384 g/mol. The number of nitrogens with one attached hydrogen (secondary N) is 1. The van der Waals surface area contributed by atoms with E-state index in [9.17, 15) is 9.18 Å². The normalized spacial score (nSPS) is 10.3. The maximum Gasteiger partial charge on any atom is 0.262 e. The van der Waals surface area contributed by atoms with Crippen LogP contribution in [0.3, 0.4) is 0 Å². The molecule has 0 aliphatic rings. The summed E-state index contributed by atoms with van der Waals surface area (Å²) in [5, 5.41) is 2.68. The Labute approximate surface area is 139 Å². The van der Waals surface area contributed by atoms with Crippen LogP contribution in [0.5, 0.6) is 5.75 Å². The Morgan fingerprint density at radius 2 is 2.00 bits per heavy atom. The molecule has 0 bridgehead atoms. The summed E-state index contributed by atoms with van der Waals surface area (Å²) >= 11 is 14.8. The average Bonchev–Trinajstić information content (AvgIpc) is 2.43. The number of benzene rings is 2. The van der Waals surface area contributed by atoms with Gasteiger partial charge in [0.1, 0.15) is 5.75 Å². The smallest absolute Gasteiger partial charge is 0.262 e. The van der Waals surface area contributed by atoms with Gasteiger partial charge in [0.15, 0.2) is 12.4 Å². The van der Waals surface area contributed by atoms with E-state index in [1.54, 1.807) is 18.2 Å². The van der Waals surface area contributed by atoms with E-state index in [0.29, 0.717) is 10.8 Å². The number of hydrogen-bond donors (Lipinski definition) is 1. The van der Waals surface area contributed by atoms with Crippen LogP contribution in [0.15, 0.2) is 40.9 Å². The van der Waals surface area contributed by atoms with Crippen LogP contribution in [0.4, 0.5) is 10.1 Å². The van der Waals surface area contributed by atoms with E-state index in [4.69, 9.17) is 27.9 Å². The summed E-state index contributed by atoms with van der Waals surface area (Å²) in [5.74, 6) is -0.842. The molecule has 0 fully saturated rings. The molecule has 2 rings (SSSR count). The summed E-state index contributed by atoms with van der Waals surface area (Å²) in [6, 6.07) is 9.34. The second kappa shape index (κ2) is 7.11. The largest absolute Gasteiger partial charge is 0.482 e. The SMILES string of the molecule is O=C(COc1ccc(Br)cc1Cl)Nc1cccc(Cl)c1F. The summed E-state index contributed by atoms with van der Waals surface area (Å²) < 4.78 is 19.7. The van der Waals surface area contributed by atoms with Gasteiger partial charge in [-0.1, -0.05) is 45.2 Å². The standard InChI is InChI=1S/C14H9BrCl2FNO2/c15-8-4-5-12(10(17)6-8)21-7-13(20)19-11-3-1-2-9(16)14(11)18/h1-6H,7H2,(H,19,20). The molecule has 1 amide bonds. The molecule has 0 heterocycles. The van der Waals surface area contributed by atoms with Crippen molar-refractivity contribution >= 4 is 50.7 Å². The Kier molecular flexibility index (Phi) is 5.45. The summed E-state index contributed by atoms with van der Waals surface area (Å²) in [4.78, 5) is 11.7. The maximum atomic E-state index is 13.6. The van der Waals surface area contributed by atoms with Crippen molar-refractivity contribution in [3.05, 3.63) is 56.7 Å². The molecule has 1 N–H and O–H groups in total. The van der Waals surface area contributed by atoms with E-state index >= 15 is 0 Å². The fourth-order valence-corrected chi connectivity index (χ4v) is 2.42. The summed E-state index contributed by atoms with van der Waals surface area (Å²) in [6.45, 7) is -0.298. The Bertz CT molecular complexity index is 682. The number of carbonyl (C=O) groups excluding carboxylic acids is 1. The quantitative estimate of drug-likeness (QED) is 0.802. The molecule has 0 saturated heterocycles. The Hall–Kier alpha value is -1.30. The van der Waals surface area contributed by atoms with E-state index in [1.165, 1.54) is 18.2 Å². The van der Waals surface area contributed by atoms with Crippen LogP contribution >= 0.6 is 39.1 Å². The number of rotatable bonds is 4. The van der Waals surface area contributed by atoms with Crippen molar-refractivity contribution in [3.8, 4) is 5.75 Å². The lowest BCUT2D eigenvalue weighted by Crippen LogP contribution is -2.20. The number of halogens is 4. The molecule has 0 saturated carbocycles. The number of carbonyl (C=O) groups is 1. The lowest BCUT2D eigenvalue weighted by Gasteiger charge is -2.10. The maximum absolute atomic E-state index is 13.6. The van der Waals surface area contributed by atoms with Crippen LogP contribution in [0.1, 0.15) is 0 Å². The lowest BCUT2D eigenvalue weighted by atomic mass is 10.3. The second-order valence-electron chi connectivity index (χ2n) is 4.01. The van der Waals surface area contributed by atoms with Gasteiger partial charge in [-0.2, -0.15) is 0 Å². The highest BCUT2D eigenvalue weighted by Crippen LogP contribution is 2.27. The van der Waals surface area contributed by atoms with E-state index in [-0.39, 0.29) is 17.3 Å². The van der Waals surface area contributed by atoms with Crippen LogP contribution < -0.4 is 10.1 Å². The first kappa shape index (κ1) is 16.1. The molecule has 110 valence electrons. The number of hydrogen-bond acceptors (Lipinski definition) is 2. The fraction of sp³-hybridized carbons (Fsp3) is 0.0714. The predicted octanol–water partition coefficient (Wildman–Crippen LogP) is 4.91. The molecule has 0 aliphatic carbocycles. The molecule has 2 aromatic rings. The van der Waals surface area contributed by atoms with Crippen LogP contribution in [-0.4, -0.2) is 12.5 Å². The minimum atomic E-state index is -0.686. The van der Waals surface area contributed by atoms with E-state index in [2.05, 4.69) is 21.2 Å². The van der Waals surface area contributed by atoms with Crippen molar-refractivity contribution in [2.45, 2.75) is 0 Å². The first-order valence-corrected chi connectivity index (χ1v) is 7.34. The third kappa shape index (κ3) is 4.33. The van der Waals surface area contributed by atoms with Crippen LogP contribution in [-0.2, 0) is 4.79 Å². The molecule has 0 unspecified atom stereocenters. The van der Waals surface area contributed by atoms with E-state index in [0.717, 1.165) is 4.47 Å².